The molecule has 0 amide bonds. The van der Waals surface area contributed by atoms with Gasteiger partial charge in [0.1, 0.15) is 6.33 Å². The maximum absolute atomic E-state index is 12.9. The number of benzene rings is 1. The summed E-state index contributed by atoms with van der Waals surface area (Å²) in [5.41, 5.74) is 4.21. The van der Waals surface area contributed by atoms with Crippen molar-refractivity contribution in [3.8, 4) is 0 Å². The van der Waals surface area contributed by atoms with Crippen LogP contribution in [0.4, 0.5) is 0 Å². The molecule has 0 radical (unpaired) electrons. The highest BCUT2D eigenvalue weighted by Gasteiger charge is 2.26. The van der Waals surface area contributed by atoms with Crippen molar-refractivity contribution in [2.75, 3.05) is 0 Å². The minimum absolute atomic E-state index is 0.0191. The zero-order chi connectivity index (χ0) is 16.7. The Morgan fingerprint density at radius 1 is 1.33 bits per heavy atom. The van der Waals surface area contributed by atoms with Crippen LogP contribution in [0.1, 0.15) is 67.3 Å². The van der Waals surface area contributed by atoms with Gasteiger partial charge in [-0.3, -0.25) is 9.89 Å². The summed E-state index contributed by atoms with van der Waals surface area (Å²) in [6.45, 7) is 4.37. The summed E-state index contributed by atoms with van der Waals surface area (Å²) in [4.78, 5) is 21.8. The van der Waals surface area contributed by atoms with Crippen molar-refractivity contribution in [2.24, 2.45) is 0 Å². The van der Waals surface area contributed by atoms with Crippen LogP contribution in [0, 0.1) is 0 Å². The molecule has 24 heavy (non-hydrogen) atoms. The van der Waals surface area contributed by atoms with Gasteiger partial charge in [-0.1, -0.05) is 44.5 Å². The molecule has 3 aromatic rings. The predicted octanol–water partition coefficient (Wildman–Crippen LogP) is 3.40. The van der Waals surface area contributed by atoms with Gasteiger partial charge in [0.15, 0.2) is 0 Å². The van der Waals surface area contributed by atoms with Gasteiger partial charge >= 0.3 is 0 Å². The Labute approximate surface area is 140 Å². The summed E-state index contributed by atoms with van der Waals surface area (Å²) in [7, 11) is 0. The van der Waals surface area contributed by atoms with Crippen LogP contribution < -0.4 is 5.56 Å². The second-order valence-electron chi connectivity index (χ2n) is 7.01. The maximum Gasteiger partial charge on any atom is 0.277 e. The molecule has 1 fully saturated rings. The SMILES string of the molecule is CC(C)c1cccc(Cc2c(C3CCC3)nc3nc[nH]n3c2=O)c1. The third-order valence-electron chi connectivity index (χ3n) is 5.05. The van der Waals surface area contributed by atoms with E-state index in [1.807, 2.05) is 0 Å². The van der Waals surface area contributed by atoms with Gasteiger partial charge < -0.3 is 0 Å². The fourth-order valence-corrected chi connectivity index (χ4v) is 3.36. The van der Waals surface area contributed by atoms with Crippen LogP contribution >= 0.6 is 0 Å². The zero-order valence-electron chi connectivity index (χ0n) is 14.1. The molecule has 2 heterocycles. The van der Waals surface area contributed by atoms with E-state index in [9.17, 15) is 4.79 Å². The second-order valence-corrected chi connectivity index (χ2v) is 7.01. The number of hydrogen-bond donors (Lipinski definition) is 1. The average Bonchev–Trinajstić information content (AvgIpc) is 2.98. The van der Waals surface area contributed by atoms with Crippen LogP contribution in [0.5, 0.6) is 0 Å². The molecule has 1 aromatic carbocycles. The lowest BCUT2D eigenvalue weighted by Crippen LogP contribution is -2.26. The average molecular weight is 322 g/mol. The summed E-state index contributed by atoms with van der Waals surface area (Å²) >= 11 is 0. The van der Waals surface area contributed by atoms with E-state index in [1.54, 1.807) is 0 Å². The van der Waals surface area contributed by atoms with Crippen LogP contribution in [-0.2, 0) is 6.42 Å². The van der Waals surface area contributed by atoms with E-state index in [2.05, 4.69) is 48.2 Å². The first-order chi connectivity index (χ1) is 11.6. The number of rotatable bonds is 4. The Morgan fingerprint density at radius 3 is 2.88 bits per heavy atom. The topological polar surface area (TPSA) is 63.1 Å². The largest absolute Gasteiger partial charge is 0.278 e. The molecule has 124 valence electrons. The molecule has 2 aromatic heterocycles. The molecule has 5 heteroatoms. The van der Waals surface area contributed by atoms with Crippen LogP contribution in [0.25, 0.3) is 5.78 Å². The number of aromatic amines is 1. The highest BCUT2D eigenvalue weighted by molar-refractivity contribution is 5.38. The third kappa shape index (κ3) is 2.54. The molecule has 5 nitrogen and oxygen atoms in total. The molecule has 0 spiro atoms. The molecule has 1 aliphatic carbocycles. The van der Waals surface area contributed by atoms with Gasteiger partial charge in [0.25, 0.3) is 11.3 Å². The fourth-order valence-electron chi connectivity index (χ4n) is 3.36. The van der Waals surface area contributed by atoms with Crippen LogP contribution in [0.2, 0.25) is 0 Å². The van der Waals surface area contributed by atoms with Crippen LogP contribution in [0.15, 0.2) is 35.4 Å². The molecule has 0 bridgehead atoms. The first kappa shape index (κ1) is 15.1. The summed E-state index contributed by atoms with van der Waals surface area (Å²) in [6.07, 6.45) is 5.60. The van der Waals surface area contributed by atoms with Gasteiger partial charge in [0, 0.05) is 17.9 Å². The van der Waals surface area contributed by atoms with Gasteiger partial charge in [-0.2, -0.15) is 4.52 Å². The van der Waals surface area contributed by atoms with Gasteiger partial charge in [-0.05, 0) is 29.9 Å². The highest BCUT2D eigenvalue weighted by Crippen LogP contribution is 2.36. The molecule has 0 saturated heterocycles. The summed E-state index contributed by atoms with van der Waals surface area (Å²) in [6, 6.07) is 8.52. The number of hydrogen-bond acceptors (Lipinski definition) is 3. The zero-order valence-corrected chi connectivity index (χ0v) is 14.1. The molecule has 0 atom stereocenters. The van der Waals surface area contributed by atoms with Crippen molar-refractivity contribution in [2.45, 2.75) is 51.4 Å². The van der Waals surface area contributed by atoms with Crippen LogP contribution in [-0.4, -0.2) is 19.6 Å². The van der Waals surface area contributed by atoms with E-state index >= 15 is 0 Å². The van der Waals surface area contributed by atoms with Gasteiger partial charge in [-0.25, -0.2) is 9.97 Å². The smallest absolute Gasteiger partial charge is 0.277 e. The number of nitrogens with zero attached hydrogens (tertiary/aromatic N) is 3. The van der Waals surface area contributed by atoms with Gasteiger partial charge in [0.2, 0.25) is 0 Å². The molecular weight excluding hydrogens is 300 g/mol. The Balaban J connectivity index is 1.81. The monoisotopic (exact) mass is 322 g/mol. The molecule has 4 rings (SSSR count). The third-order valence-corrected chi connectivity index (χ3v) is 5.05. The highest BCUT2D eigenvalue weighted by atomic mass is 16.1. The van der Waals surface area contributed by atoms with Crippen molar-refractivity contribution in [3.05, 3.63) is 63.3 Å². The quantitative estimate of drug-likeness (QED) is 0.801. The lowest BCUT2D eigenvalue weighted by atomic mass is 9.80. The fraction of sp³-hybridized carbons (Fsp3) is 0.421. The Hall–Kier alpha value is -2.43. The first-order valence-electron chi connectivity index (χ1n) is 8.67. The molecule has 0 unspecified atom stereocenters. The van der Waals surface area contributed by atoms with E-state index in [1.165, 1.54) is 28.4 Å². The van der Waals surface area contributed by atoms with Crippen molar-refractivity contribution in [1.82, 2.24) is 19.6 Å². The second kappa shape index (κ2) is 5.89. The van der Waals surface area contributed by atoms with E-state index in [0.717, 1.165) is 24.1 Å². The van der Waals surface area contributed by atoms with E-state index in [0.29, 0.717) is 24.0 Å². The molecule has 1 N–H and O–H groups in total. The van der Waals surface area contributed by atoms with Crippen molar-refractivity contribution in [3.63, 3.8) is 0 Å². The lowest BCUT2D eigenvalue weighted by Gasteiger charge is -2.26. The number of H-pyrrole nitrogens is 1. The molecule has 1 aliphatic rings. The van der Waals surface area contributed by atoms with Crippen molar-refractivity contribution < 1.29 is 0 Å². The van der Waals surface area contributed by atoms with Gasteiger partial charge in [0.05, 0.1) is 5.69 Å². The Kier molecular flexibility index (Phi) is 3.71. The Morgan fingerprint density at radius 2 is 2.17 bits per heavy atom. The summed E-state index contributed by atoms with van der Waals surface area (Å²) in [5, 5.41) is 2.88. The number of fused-ring (bicyclic) bond motifs is 1. The maximum atomic E-state index is 12.9. The normalized spacial score (nSPS) is 15.1. The minimum atomic E-state index is -0.0191. The molecule has 1 saturated carbocycles. The molecular formula is C19H22N4O. The van der Waals surface area contributed by atoms with Crippen LogP contribution in [0.3, 0.4) is 0 Å². The lowest BCUT2D eigenvalue weighted by molar-refractivity contribution is 0.408. The predicted molar refractivity (Wildman–Crippen MR) is 93.5 cm³/mol. The van der Waals surface area contributed by atoms with Gasteiger partial charge in [-0.15, -0.1) is 0 Å². The summed E-state index contributed by atoms with van der Waals surface area (Å²) in [5.74, 6) is 1.36. The first-order valence-corrected chi connectivity index (χ1v) is 8.67. The summed E-state index contributed by atoms with van der Waals surface area (Å²) < 4.78 is 1.45. The van der Waals surface area contributed by atoms with Crippen molar-refractivity contribution in [1.29, 1.82) is 0 Å². The number of aromatic nitrogens is 4. The van der Waals surface area contributed by atoms with E-state index in [4.69, 9.17) is 4.98 Å². The van der Waals surface area contributed by atoms with E-state index in [-0.39, 0.29) is 5.56 Å². The standard InChI is InChI=1S/C19H22N4O/c1-12(2)15-8-3-5-13(9-15)10-16-17(14-6-4-7-14)22-19-20-11-21-23(19)18(16)24/h3,5,8-9,11-12,14H,4,6-7,10H2,1-2H3,(H,20,21,22). The minimum Gasteiger partial charge on any atom is -0.278 e. The molecule has 0 aliphatic heterocycles. The number of nitrogens with one attached hydrogen (secondary N) is 1. The van der Waals surface area contributed by atoms with E-state index < -0.39 is 0 Å². The van der Waals surface area contributed by atoms with Crippen molar-refractivity contribution >= 4 is 5.78 Å². The Bertz CT molecular complexity index is 934.